The van der Waals surface area contributed by atoms with E-state index in [1.807, 2.05) is 42.5 Å². The van der Waals surface area contributed by atoms with Gasteiger partial charge in [0.05, 0.1) is 5.69 Å². The van der Waals surface area contributed by atoms with E-state index in [2.05, 4.69) is 89.8 Å². The topological polar surface area (TPSA) is 41.9 Å². The lowest BCUT2D eigenvalue weighted by atomic mass is 9.92. The van der Waals surface area contributed by atoms with Crippen LogP contribution in [0.1, 0.15) is 0 Å². The number of para-hydroxylation sites is 3. The Bertz CT molecular complexity index is 1840. The molecular formula is C34H24BNO3. The van der Waals surface area contributed by atoms with Crippen molar-refractivity contribution < 1.29 is 14.3 Å². The van der Waals surface area contributed by atoms with Gasteiger partial charge in [-0.3, -0.25) is 0 Å². The van der Waals surface area contributed by atoms with Crippen LogP contribution < -0.4 is 14.2 Å². The van der Waals surface area contributed by atoms with E-state index < -0.39 is 7.32 Å². The van der Waals surface area contributed by atoms with Gasteiger partial charge >= 0.3 is 7.32 Å². The first-order valence-electron chi connectivity index (χ1n) is 12.9. The van der Waals surface area contributed by atoms with Crippen molar-refractivity contribution in [2.45, 2.75) is 0 Å². The molecule has 0 saturated carbocycles. The van der Waals surface area contributed by atoms with Crippen molar-refractivity contribution in [2.75, 3.05) is 4.90 Å². The highest BCUT2D eigenvalue weighted by Gasteiger charge is 2.24. The van der Waals surface area contributed by atoms with Crippen LogP contribution in [0.25, 0.3) is 32.3 Å². The number of hydrogen-bond donors (Lipinski definition) is 1. The molecule has 0 amide bonds. The van der Waals surface area contributed by atoms with E-state index in [-0.39, 0.29) is 0 Å². The Morgan fingerprint density at radius 2 is 1.00 bits per heavy atom. The van der Waals surface area contributed by atoms with Crippen LogP contribution >= 0.6 is 0 Å². The van der Waals surface area contributed by atoms with Crippen LogP contribution in [0.5, 0.6) is 11.5 Å². The third-order valence-electron chi connectivity index (χ3n) is 7.08. The summed E-state index contributed by atoms with van der Waals surface area (Å²) in [5.74, 6) is 1.10. The van der Waals surface area contributed by atoms with Gasteiger partial charge < -0.3 is 19.2 Å². The number of anilines is 3. The molecule has 39 heavy (non-hydrogen) atoms. The molecule has 7 rings (SSSR count). The summed E-state index contributed by atoms with van der Waals surface area (Å²) in [6.07, 6.45) is 0. The summed E-state index contributed by atoms with van der Waals surface area (Å²) in [7, 11) is -1.44. The minimum absolute atomic E-state index is 0.536. The molecule has 0 saturated heterocycles. The van der Waals surface area contributed by atoms with Crippen molar-refractivity contribution >= 4 is 56.7 Å². The summed E-state index contributed by atoms with van der Waals surface area (Å²) >= 11 is 0. The number of rotatable bonds is 7. The van der Waals surface area contributed by atoms with E-state index >= 15 is 0 Å². The minimum atomic E-state index is -1.44. The van der Waals surface area contributed by atoms with Gasteiger partial charge in [0.25, 0.3) is 0 Å². The molecule has 0 radical (unpaired) electrons. The van der Waals surface area contributed by atoms with Crippen LogP contribution in [0.3, 0.4) is 0 Å². The molecule has 0 aliphatic carbocycles. The first-order valence-corrected chi connectivity index (χ1v) is 12.9. The van der Waals surface area contributed by atoms with Gasteiger partial charge in [-0.05, 0) is 64.7 Å². The predicted molar refractivity (Wildman–Crippen MR) is 160 cm³/mol. The maximum absolute atomic E-state index is 10.6. The average Bonchev–Trinajstić information content (AvgIpc) is 2.99. The second kappa shape index (κ2) is 9.71. The van der Waals surface area contributed by atoms with E-state index in [9.17, 15) is 5.02 Å². The molecule has 1 N–H and O–H groups in total. The summed E-state index contributed by atoms with van der Waals surface area (Å²) in [6.45, 7) is 0. The Morgan fingerprint density at radius 1 is 0.487 bits per heavy atom. The van der Waals surface area contributed by atoms with Gasteiger partial charge in [0.1, 0.15) is 11.5 Å². The highest BCUT2D eigenvalue weighted by Crippen LogP contribution is 2.45. The quantitative estimate of drug-likeness (QED) is 0.174. The predicted octanol–water partition coefficient (Wildman–Crippen LogP) is 8.49. The molecule has 0 unspecified atom stereocenters. The smallest absolute Gasteiger partial charge is 0.501 e. The van der Waals surface area contributed by atoms with E-state index in [4.69, 9.17) is 9.31 Å². The molecule has 0 aliphatic rings. The van der Waals surface area contributed by atoms with E-state index in [0.717, 1.165) is 49.4 Å². The average molecular weight is 505 g/mol. The SMILES string of the molecule is OB(Oc1ccccc1)Oc1ccc2ccc3c(N(c4ccccc4)c4ccccc4)ccc4ccc1c2c43. The molecular weight excluding hydrogens is 481 g/mol. The van der Waals surface area contributed by atoms with Gasteiger partial charge in [-0.15, -0.1) is 0 Å². The Labute approximate surface area is 226 Å². The lowest BCUT2D eigenvalue weighted by Crippen LogP contribution is -2.29. The third-order valence-corrected chi connectivity index (χ3v) is 7.08. The Morgan fingerprint density at radius 3 is 1.64 bits per heavy atom. The molecule has 7 aromatic carbocycles. The molecule has 0 heterocycles. The number of hydrogen-bond acceptors (Lipinski definition) is 4. The van der Waals surface area contributed by atoms with E-state index in [0.29, 0.717) is 11.5 Å². The van der Waals surface area contributed by atoms with Crippen molar-refractivity contribution in [3.63, 3.8) is 0 Å². The highest BCUT2D eigenvalue weighted by molar-refractivity contribution is 6.37. The van der Waals surface area contributed by atoms with Crippen LogP contribution in [0.15, 0.2) is 140 Å². The van der Waals surface area contributed by atoms with Gasteiger partial charge in [-0.25, -0.2) is 0 Å². The maximum atomic E-state index is 10.6. The van der Waals surface area contributed by atoms with Crippen molar-refractivity contribution in [3.8, 4) is 11.5 Å². The van der Waals surface area contributed by atoms with Crippen molar-refractivity contribution in [1.29, 1.82) is 0 Å². The number of nitrogens with zero attached hydrogens (tertiary/aromatic N) is 1. The van der Waals surface area contributed by atoms with Crippen molar-refractivity contribution in [2.24, 2.45) is 0 Å². The van der Waals surface area contributed by atoms with Crippen LogP contribution in [-0.2, 0) is 0 Å². The van der Waals surface area contributed by atoms with Gasteiger partial charge in [0.2, 0.25) is 0 Å². The van der Waals surface area contributed by atoms with Crippen LogP contribution in [0.4, 0.5) is 17.1 Å². The minimum Gasteiger partial charge on any atom is -0.501 e. The largest absolute Gasteiger partial charge is 0.785 e. The molecule has 0 atom stereocenters. The normalized spacial score (nSPS) is 11.2. The summed E-state index contributed by atoms with van der Waals surface area (Å²) in [4.78, 5) is 2.29. The maximum Gasteiger partial charge on any atom is 0.785 e. The summed E-state index contributed by atoms with van der Waals surface area (Å²) in [6, 6.07) is 46.8. The Kier molecular flexibility index (Phi) is 5.76. The third kappa shape index (κ3) is 4.19. The van der Waals surface area contributed by atoms with Gasteiger partial charge in [0, 0.05) is 27.5 Å². The summed E-state index contributed by atoms with van der Waals surface area (Å²) < 4.78 is 11.5. The molecule has 5 heteroatoms. The molecule has 0 fully saturated rings. The monoisotopic (exact) mass is 505 g/mol. The molecule has 186 valence electrons. The Balaban J connectivity index is 1.39. The zero-order valence-electron chi connectivity index (χ0n) is 21.1. The van der Waals surface area contributed by atoms with Crippen LogP contribution in [-0.4, -0.2) is 12.3 Å². The van der Waals surface area contributed by atoms with Gasteiger partial charge in [0.15, 0.2) is 0 Å². The first kappa shape index (κ1) is 23.1. The fourth-order valence-electron chi connectivity index (χ4n) is 5.39. The van der Waals surface area contributed by atoms with Gasteiger partial charge in [-0.1, -0.05) is 91.0 Å². The molecule has 0 aromatic heterocycles. The summed E-state index contributed by atoms with van der Waals surface area (Å²) in [5.41, 5.74) is 3.26. The fourth-order valence-corrected chi connectivity index (χ4v) is 5.39. The molecule has 0 spiro atoms. The first-order chi connectivity index (χ1) is 19.3. The lowest BCUT2D eigenvalue weighted by molar-refractivity contribution is 0.299. The lowest BCUT2D eigenvalue weighted by Gasteiger charge is -2.27. The molecule has 0 bridgehead atoms. The second-order valence-corrected chi connectivity index (χ2v) is 9.43. The highest BCUT2D eigenvalue weighted by atomic mass is 16.7. The van der Waals surface area contributed by atoms with Crippen molar-refractivity contribution in [1.82, 2.24) is 0 Å². The second-order valence-electron chi connectivity index (χ2n) is 9.43. The molecule has 7 aromatic rings. The fraction of sp³-hybridized carbons (Fsp3) is 0. The standard InChI is InChI=1S/C34H24BNO3/c37-35(38-28-14-8-3-9-15-28)39-32-23-19-25-16-20-29-31(22-18-24-17-21-30(32)34(25)33(24)29)36(26-10-4-1-5-11-26)27-12-6-2-7-13-27/h1-23,37H. The molecule has 4 nitrogen and oxygen atoms in total. The van der Waals surface area contributed by atoms with E-state index in [1.54, 1.807) is 12.1 Å². The zero-order valence-corrected chi connectivity index (χ0v) is 21.1. The molecule has 0 aliphatic heterocycles. The van der Waals surface area contributed by atoms with Gasteiger partial charge in [-0.2, -0.15) is 0 Å². The van der Waals surface area contributed by atoms with Crippen molar-refractivity contribution in [3.05, 3.63) is 140 Å². The van der Waals surface area contributed by atoms with Crippen LogP contribution in [0.2, 0.25) is 0 Å². The summed E-state index contributed by atoms with van der Waals surface area (Å²) in [5, 5.41) is 17.1. The van der Waals surface area contributed by atoms with Crippen LogP contribution in [0, 0.1) is 0 Å². The Hall–Kier alpha value is -5.00. The number of benzene rings is 7. The zero-order chi connectivity index (χ0) is 26.2. The van der Waals surface area contributed by atoms with E-state index in [1.165, 1.54) is 0 Å².